The summed E-state index contributed by atoms with van der Waals surface area (Å²) in [5.41, 5.74) is 3.00. The number of carbonyl (C=O) groups excluding carboxylic acids is 1. The molecule has 1 aliphatic rings. The number of esters is 1. The zero-order valence-electron chi connectivity index (χ0n) is 23.2. The van der Waals surface area contributed by atoms with Crippen LogP contribution in [0.4, 0.5) is 0 Å². The molecule has 7 nitrogen and oxygen atoms in total. The van der Waals surface area contributed by atoms with Gasteiger partial charge in [0.15, 0.2) is 4.80 Å². The maximum absolute atomic E-state index is 13.8. The zero-order chi connectivity index (χ0) is 29.8. The van der Waals surface area contributed by atoms with Crippen molar-refractivity contribution in [3.05, 3.63) is 124 Å². The van der Waals surface area contributed by atoms with Crippen molar-refractivity contribution in [1.82, 2.24) is 4.57 Å². The van der Waals surface area contributed by atoms with E-state index in [2.05, 4.69) is 4.99 Å². The molecule has 0 fully saturated rings. The average molecular weight is 624 g/mol. The molecule has 1 aromatic heterocycles. The molecule has 0 spiro atoms. The summed E-state index contributed by atoms with van der Waals surface area (Å²) in [6.07, 6.45) is 1.81. The maximum Gasteiger partial charge on any atom is 0.338 e. The first kappa shape index (κ1) is 29.6. The van der Waals surface area contributed by atoms with E-state index in [4.69, 9.17) is 37.4 Å². The molecule has 1 aliphatic heterocycles. The number of aromatic nitrogens is 1. The molecular formula is C32H28Cl2N2O5S. The van der Waals surface area contributed by atoms with Crippen molar-refractivity contribution >= 4 is 46.6 Å². The van der Waals surface area contributed by atoms with Crippen LogP contribution in [0.25, 0.3) is 6.08 Å². The standard InChI is InChI=1S/C32H28Cl2N2O5S/c1-4-39-24-14-9-21(10-15-24)29-28(31(38)40-5-2)19(3)35-32-36(29)30(37)27(42-32)16-20-6-12-25(13-7-20)41-18-22-8-11-23(33)17-26(22)34/h6-17,29H,4-5,18H2,1-3H3/b27-16-/t29-/m1/s1. The molecule has 5 rings (SSSR count). The molecule has 0 saturated heterocycles. The molecule has 216 valence electrons. The zero-order valence-corrected chi connectivity index (χ0v) is 25.6. The van der Waals surface area contributed by atoms with Crippen molar-refractivity contribution in [2.45, 2.75) is 33.4 Å². The van der Waals surface area contributed by atoms with Gasteiger partial charge in [-0.3, -0.25) is 9.36 Å². The van der Waals surface area contributed by atoms with E-state index in [0.29, 0.717) is 55.4 Å². The Morgan fingerprint density at radius 2 is 1.67 bits per heavy atom. The summed E-state index contributed by atoms with van der Waals surface area (Å²) in [4.78, 5) is 32.0. The van der Waals surface area contributed by atoms with Gasteiger partial charge in [-0.25, -0.2) is 9.79 Å². The van der Waals surface area contributed by atoms with Crippen molar-refractivity contribution in [2.75, 3.05) is 13.2 Å². The number of ether oxygens (including phenoxy) is 3. The van der Waals surface area contributed by atoms with Crippen LogP contribution in [0.1, 0.15) is 43.5 Å². The highest BCUT2D eigenvalue weighted by atomic mass is 35.5. The van der Waals surface area contributed by atoms with Crippen molar-refractivity contribution in [1.29, 1.82) is 0 Å². The second-order valence-corrected chi connectivity index (χ2v) is 11.3. The van der Waals surface area contributed by atoms with Crippen LogP contribution in [-0.2, 0) is 16.1 Å². The van der Waals surface area contributed by atoms with Gasteiger partial charge < -0.3 is 14.2 Å². The number of allylic oxidation sites excluding steroid dienone is 1. The molecule has 0 N–H and O–H groups in total. The van der Waals surface area contributed by atoms with Crippen LogP contribution in [-0.4, -0.2) is 23.8 Å². The van der Waals surface area contributed by atoms with Crippen molar-refractivity contribution in [2.24, 2.45) is 4.99 Å². The fraction of sp³-hybridized carbons (Fsp3) is 0.219. The summed E-state index contributed by atoms with van der Waals surface area (Å²) in [6, 6.07) is 19.4. The topological polar surface area (TPSA) is 79.1 Å². The molecular weight excluding hydrogens is 595 g/mol. The number of hydrogen-bond donors (Lipinski definition) is 0. The third-order valence-electron chi connectivity index (χ3n) is 6.61. The molecule has 4 aromatic rings. The van der Waals surface area contributed by atoms with Gasteiger partial charge in [0.2, 0.25) is 0 Å². The van der Waals surface area contributed by atoms with Crippen LogP contribution in [0, 0.1) is 0 Å². The van der Waals surface area contributed by atoms with Gasteiger partial charge in [-0.15, -0.1) is 0 Å². The first-order valence-electron chi connectivity index (χ1n) is 13.4. The predicted octanol–water partition coefficient (Wildman–Crippen LogP) is 6.08. The summed E-state index contributed by atoms with van der Waals surface area (Å²) >= 11 is 13.5. The van der Waals surface area contributed by atoms with Crippen LogP contribution in [0.3, 0.4) is 0 Å². The van der Waals surface area contributed by atoms with Crippen LogP contribution < -0.4 is 24.4 Å². The molecule has 0 saturated carbocycles. The lowest BCUT2D eigenvalue weighted by Crippen LogP contribution is -2.39. The average Bonchev–Trinajstić information content (AvgIpc) is 3.27. The number of rotatable bonds is 9. The van der Waals surface area contributed by atoms with E-state index in [1.54, 1.807) is 30.5 Å². The Bertz CT molecular complexity index is 1830. The summed E-state index contributed by atoms with van der Waals surface area (Å²) in [6.45, 7) is 6.46. The molecule has 0 bridgehead atoms. The number of halogens is 2. The van der Waals surface area contributed by atoms with Crippen molar-refractivity contribution in [3.8, 4) is 11.5 Å². The van der Waals surface area contributed by atoms with Gasteiger partial charge in [0.25, 0.3) is 5.56 Å². The Balaban J connectivity index is 1.48. The normalized spacial score (nSPS) is 14.8. The lowest BCUT2D eigenvalue weighted by Gasteiger charge is -2.24. The van der Waals surface area contributed by atoms with Gasteiger partial charge in [0.05, 0.1) is 35.1 Å². The molecule has 10 heteroatoms. The molecule has 0 unspecified atom stereocenters. The minimum atomic E-state index is -0.686. The van der Waals surface area contributed by atoms with Gasteiger partial charge >= 0.3 is 5.97 Å². The van der Waals surface area contributed by atoms with E-state index >= 15 is 0 Å². The SMILES string of the molecule is CCOC(=O)C1=C(C)N=c2s/c(=C\c3ccc(OCc4ccc(Cl)cc4Cl)cc3)c(=O)n2[C@@H]1c1ccc(OCC)cc1. The minimum Gasteiger partial charge on any atom is -0.494 e. The second-order valence-electron chi connectivity index (χ2n) is 9.40. The van der Waals surface area contributed by atoms with E-state index in [1.165, 1.54) is 11.3 Å². The number of hydrogen-bond acceptors (Lipinski definition) is 7. The summed E-state index contributed by atoms with van der Waals surface area (Å²) in [7, 11) is 0. The monoisotopic (exact) mass is 622 g/mol. The number of nitrogens with zero attached hydrogens (tertiary/aromatic N) is 2. The third-order valence-corrected chi connectivity index (χ3v) is 8.18. The fourth-order valence-corrected chi connectivity index (χ4v) is 6.14. The molecule has 0 aliphatic carbocycles. The van der Waals surface area contributed by atoms with Crippen LogP contribution in [0.2, 0.25) is 10.0 Å². The van der Waals surface area contributed by atoms with E-state index in [-0.39, 0.29) is 12.2 Å². The summed E-state index contributed by atoms with van der Waals surface area (Å²) in [5.74, 6) is 0.864. The molecule has 3 aromatic carbocycles. The number of carbonyl (C=O) groups is 1. The van der Waals surface area contributed by atoms with Crippen molar-refractivity contribution in [3.63, 3.8) is 0 Å². The molecule has 42 heavy (non-hydrogen) atoms. The van der Waals surface area contributed by atoms with Crippen LogP contribution in [0.5, 0.6) is 11.5 Å². The van der Waals surface area contributed by atoms with Crippen LogP contribution >= 0.6 is 34.5 Å². The van der Waals surface area contributed by atoms with Crippen molar-refractivity contribution < 1.29 is 19.0 Å². The van der Waals surface area contributed by atoms with Crippen LogP contribution in [0.15, 0.2) is 87.8 Å². The largest absolute Gasteiger partial charge is 0.494 e. The third kappa shape index (κ3) is 6.31. The van der Waals surface area contributed by atoms with E-state index in [1.807, 2.05) is 67.6 Å². The molecule has 1 atom stereocenters. The van der Waals surface area contributed by atoms with E-state index in [9.17, 15) is 9.59 Å². The van der Waals surface area contributed by atoms with Gasteiger partial charge in [-0.2, -0.15) is 0 Å². The summed E-state index contributed by atoms with van der Waals surface area (Å²) in [5, 5.41) is 1.11. The van der Waals surface area contributed by atoms with E-state index in [0.717, 1.165) is 16.7 Å². The first-order chi connectivity index (χ1) is 20.3. The molecule has 0 amide bonds. The smallest absolute Gasteiger partial charge is 0.338 e. The van der Waals surface area contributed by atoms with Gasteiger partial charge in [-0.1, -0.05) is 64.9 Å². The Labute approximate surface area is 256 Å². The Hall–Kier alpha value is -3.85. The quantitative estimate of drug-likeness (QED) is 0.211. The Morgan fingerprint density at radius 3 is 2.33 bits per heavy atom. The molecule has 2 heterocycles. The number of benzene rings is 3. The summed E-state index contributed by atoms with van der Waals surface area (Å²) < 4.78 is 18.9. The second kappa shape index (κ2) is 13.0. The van der Waals surface area contributed by atoms with E-state index < -0.39 is 12.0 Å². The van der Waals surface area contributed by atoms with Gasteiger partial charge in [0, 0.05) is 15.6 Å². The minimum absolute atomic E-state index is 0.211. The Kier molecular flexibility index (Phi) is 9.16. The molecule has 0 radical (unpaired) electrons. The van der Waals surface area contributed by atoms with Gasteiger partial charge in [-0.05, 0) is 74.4 Å². The predicted molar refractivity (Wildman–Crippen MR) is 165 cm³/mol. The Morgan fingerprint density at radius 1 is 0.976 bits per heavy atom. The number of thiazole rings is 1. The highest BCUT2D eigenvalue weighted by Crippen LogP contribution is 2.31. The number of fused-ring (bicyclic) bond motifs is 1. The highest BCUT2D eigenvalue weighted by molar-refractivity contribution is 7.07. The highest BCUT2D eigenvalue weighted by Gasteiger charge is 2.33. The fourth-order valence-electron chi connectivity index (χ4n) is 4.63. The lowest BCUT2D eigenvalue weighted by atomic mass is 9.96. The van der Waals surface area contributed by atoms with Gasteiger partial charge in [0.1, 0.15) is 18.1 Å². The maximum atomic E-state index is 13.8. The first-order valence-corrected chi connectivity index (χ1v) is 15.0. The lowest BCUT2D eigenvalue weighted by molar-refractivity contribution is -0.139.